The highest BCUT2D eigenvalue weighted by Crippen LogP contribution is 2.27. The van der Waals surface area contributed by atoms with E-state index in [4.69, 9.17) is 0 Å². The average Bonchev–Trinajstić information content (AvgIpc) is 2.20. The van der Waals surface area contributed by atoms with Crippen molar-refractivity contribution >= 4 is 11.9 Å². The minimum absolute atomic E-state index is 0.109. The van der Waals surface area contributed by atoms with Gasteiger partial charge in [0.05, 0.1) is 0 Å². The van der Waals surface area contributed by atoms with Crippen LogP contribution < -0.4 is 4.72 Å². The van der Waals surface area contributed by atoms with E-state index in [1.54, 1.807) is 6.92 Å². The highest BCUT2D eigenvalue weighted by Gasteiger charge is 2.29. The molecular formula is C10H21F3N2S. The topological polar surface area (TPSA) is 15.3 Å². The molecule has 0 amide bonds. The Morgan fingerprint density at radius 3 is 2.25 bits per heavy atom. The Labute approximate surface area is 100 Å². The van der Waals surface area contributed by atoms with Crippen LogP contribution >= 0.6 is 11.9 Å². The van der Waals surface area contributed by atoms with Crippen LogP contribution in [0.3, 0.4) is 0 Å². The fraction of sp³-hybridized carbons (Fsp3) is 1.00. The zero-order chi connectivity index (χ0) is 12.6. The predicted octanol–water partition coefficient (Wildman–Crippen LogP) is 3.25. The van der Waals surface area contributed by atoms with Crippen LogP contribution in [0.2, 0.25) is 0 Å². The Morgan fingerprint density at radius 2 is 1.81 bits per heavy atom. The summed E-state index contributed by atoms with van der Waals surface area (Å²) < 4.78 is 38.0. The molecule has 98 valence electrons. The van der Waals surface area contributed by atoms with Gasteiger partial charge in [0.2, 0.25) is 0 Å². The molecule has 6 heteroatoms. The van der Waals surface area contributed by atoms with Gasteiger partial charge in [0, 0.05) is 18.0 Å². The van der Waals surface area contributed by atoms with Crippen LogP contribution in [-0.4, -0.2) is 36.1 Å². The second kappa shape index (κ2) is 8.20. The first-order chi connectivity index (χ1) is 7.39. The smallest absolute Gasteiger partial charge is 0.304 e. The summed E-state index contributed by atoms with van der Waals surface area (Å²) >= 11 is -0.152. The monoisotopic (exact) mass is 258 g/mol. The van der Waals surface area contributed by atoms with E-state index < -0.39 is 5.51 Å². The van der Waals surface area contributed by atoms with Crippen LogP contribution in [0.4, 0.5) is 13.2 Å². The Kier molecular flexibility index (Phi) is 8.23. The van der Waals surface area contributed by atoms with Gasteiger partial charge in [-0.05, 0) is 39.4 Å². The van der Waals surface area contributed by atoms with E-state index >= 15 is 0 Å². The van der Waals surface area contributed by atoms with Crippen molar-refractivity contribution < 1.29 is 13.2 Å². The Bertz CT molecular complexity index is 172. The van der Waals surface area contributed by atoms with Gasteiger partial charge in [0.15, 0.2) is 0 Å². The van der Waals surface area contributed by atoms with Gasteiger partial charge < -0.3 is 4.90 Å². The lowest BCUT2D eigenvalue weighted by molar-refractivity contribution is -0.0337. The Balaban J connectivity index is 3.54. The third-order valence-electron chi connectivity index (χ3n) is 2.38. The molecule has 0 fully saturated rings. The number of nitrogens with zero attached hydrogens (tertiary/aromatic N) is 1. The van der Waals surface area contributed by atoms with Gasteiger partial charge in [-0.1, -0.05) is 13.8 Å². The van der Waals surface area contributed by atoms with Gasteiger partial charge in [0.1, 0.15) is 0 Å². The van der Waals surface area contributed by atoms with Gasteiger partial charge in [-0.25, -0.2) is 0 Å². The van der Waals surface area contributed by atoms with Crippen LogP contribution in [0.1, 0.15) is 33.6 Å². The summed E-state index contributed by atoms with van der Waals surface area (Å²) in [7, 11) is 0. The maximum atomic E-state index is 11.9. The first-order valence-electron chi connectivity index (χ1n) is 5.61. The van der Waals surface area contributed by atoms with Gasteiger partial charge in [-0.15, -0.1) is 0 Å². The zero-order valence-electron chi connectivity index (χ0n) is 10.1. The van der Waals surface area contributed by atoms with Crippen LogP contribution in [0.25, 0.3) is 0 Å². The molecule has 0 spiro atoms. The summed E-state index contributed by atoms with van der Waals surface area (Å²) in [5.74, 6) is 0. The average molecular weight is 258 g/mol. The first-order valence-corrected chi connectivity index (χ1v) is 6.43. The lowest BCUT2D eigenvalue weighted by atomic mass is 10.2. The highest BCUT2D eigenvalue weighted by atomic mass is 32.2. The number of hydrogen-bond acceptors (Lipinski definition) is 3. The first kappa shape index (κ1) is 16.1. The third kappa shape index (κ3) is 9.30. The molecule has 1 N–H and O–H groups in total. The molecule has 0 aliphatic heterocycles. The van der Waals surface area contributed by atoms with E-state index in [0.717, 1.165) is 32.5 Å². The van der Waals surface area contributed by atoms with Crippen LogP contribution in [-0.2, 0) is 0 Å². The van der Waals surface area contributed by atoms with Gasteiger partial charge in [-0.3, -0.25) is 4.72 Å². The minimum atomic E-state index is -4.19. The molecule has 0 saturated carbocycles. The van der Waals surface area contributed by atoms with Gasteiger partial charge in [-0.2, -0.15) is 13.2 Å². The van der Waals surface area contributed by atoms with Crippen molar-refractivity contribution in [3.05, 3.63) is 0 Å². The Morgan fingerprint density at radius 1 is 1.25 bits per heavy atom. The summed E-state index contributed by atoms with van der Waals surface area (Å²) in [5, 5.41) is 0. The van der Waals surface area contributed by atoms with E-state index in [1.807, 2.05) is 0 Å². The van der Waals surface area contributed by atoms with Crippen LogP contribution in [0.5, 0.6) is 0 Å². The lowest BCUT2D eigenvalue weighted by Gasteiger charge is -2.19. The van der Waals surface area contributed by atoms with E-state index in [1.165, 1.54) is 0 Å². The van der Waals surface area contributed by atoms with Crippen molar-refractivity contribution in [2.75, 3.05) is 19.6 Å². The van der Waals surface area contributed by atoms with Crippen molar-refractivity contribution in [1.29, 1.82) is 0 Å². The second-order valence-electron chi connectivity index (χ2n) is 3.74. The minimum Gasteiger partial charge on any atom is -0.304 e. The normalized spacial score (nSPS) is 14.4. The molecule has 0 rings (SSSR count). The fourth-order valence-corrected chi connectivity index (χ4v) is 1.84. The summed E-state index contributed by atoms with van der Waals surface area (Å²) in [6.07, 6.45) is 1.69. The quantitative estimate of drug-likeness (QED) is 0.673. The standard InChI is InChI=1S/C10H21F3N2S/c1-4-15(5-2)8-6-7-9(3)14-16-10(11,12)13/h9,14H,4-8H2,1-3H3. The van der Waals surface area contributed by atoms with E-state index in [9.17, 15) is 13.2 Å². The fourth-order valence-electron chi connectivity index (χ4n) is 1.39. The molecule has 0 saturated heterocycles. The van der Waals surface area contributed by atoms with Crippen molar-refractivity contribution in [3.63, 3.8) is 0 Å². The molecule has 2 nitrogen and oxygen atoms in total. The van der Waals surface area contributed by atoms with Crippen LogP contribution in [0.15, 0.2) is 0 Å². The van der Waals surface area contributed by atoms with Crippen molar-refractivity contribution in [2.24, 2.45) is 0 Å². The maximum Gasteiger partial charge on any atom is 0.456 e. The molecule has 0 aromatic rings. The van der Waals surface area contributed by atoms with Crippen molar-refractivity contribution in [1.82, 2.24) is 9.62 Å². The number of nitrogens with one attached hydrogen (secondary N) is 1. The van der Waals surface area contributed by atoms with Crippen LogP contribution in [0, 0.1) is 0 Å². The summed E-state index contributed by atoms with van der Waals surface area (Å²) in [6, 6.07) is -0.109. The molecule has 0 aromatic heterocycles. The molecule has 0 aliphatic rings. The molecule has 1 unspecified atom stereocenters. The third-order valence-corrected chi connectivity index (χ3v) is 3.13. The van der Waals surface area contributed by atoms with Gasteiger partial charge in [0.25, 0.3) is 0 Å². The maximum absolute atomic E-state index is 11.9. The molecular weight excluding hydrogens is 237 g/mol. The number of alkyl halides is 3. The molecule has 0 aromatic carbocycles. The van der Waals surface area contributed by atoms with E-state index in [-0.39, 0.29) is 18.0 Å². The number of hydrogen-bond donors (Lipinski definition) is 1. The lowest BCUT2D eigenvalue weighted by Crippen LogP contribution is -2.27. The van der Waals surface area contributed by atoms with E-state index in [2.05, 4.69) is 23.5 Å². The molecule has 0 aliphatic carbocycles. The van der Waals surface area contributed by atoms with Crippen molar-refractivity contribution in [3.8, 4) is 0 Å². The highest BCUT2D eigenvalue weighted by molar-refractivity contribution is 7.98. The Hall–Kier alpha value is 0.0600. The summed E-state index contributed by atoms with van der Waals surface area (Å²) in [4.78, 5) is 2.27. The SMILES string of the molecule is CCN(CC)CCCC(C)NSC(F)(F)F. The van der Waals surface area contributed by atoms with E-state index in [0.29, 0.717) is 0 Å². The van der Waals surface area contributed by atoms with Gasteiger partial charge >= 0.3 is 5.51 Å². The van der Waals surface area contributed by atoms with Crippen molar-refractivity contribution in [2.45, 2.75) is 45.2 Å². The number of halogens is 3. The zero-order valence-corrected chi connectivity index (χ0v) is 10.9. The molecule has 0 radical (unpaired) electrons. The predicted molar refractivity (Wildman–Crippen MR) is 63.3 cm³/mol. The second-order valence-corrected chi connectivity index (χ2v) is 4.64. The summed E-state index contributed by atoms with van der Waals surface area (Å²) in [6.45, 7) is 8.90. The molecule has 16 heavy (non-hydrogen) atoms. The molecule has 0 heterocycles. The largest absolute Gasteiger partial charge is 0.456 e. The molecule has 1 atom stereocenters. The summed E-state index contributed by atoms with van der Waals surface area (Å²) in [5.41, 5.74) is -4.19. The molecule has 0 bridgehead atoms. The number of rotatable bonds is 8.